The summed E-state index contributed by atoms with van der Waals surface area (Å²) in [6.07, 6.45) is 2.47. The van der Waals surface area contributed by atoms with E-state index in [-0.39, 0.29) is 0 Å². The molecule has 1 aliphatic rings. The van der Waals surface area contributed by atoms with E-state index in [1.165, 1.54) is 24.3 Å². The highest BCUT2D eigenvalue weighted by molar-refractivity contribution is 8.07. The van der Waals surface area contributed by atoms with E-state index in [1.807, 2.05) is 0 Å². The first kappa shape index (κ1) is 15.7. The van der Waals surface area contributed by atoms with Gasteiger partial charge >= 0.3 is 0 Å². The van der Waals surface area contributed by atoms with Crippen LogP contribution in [-0.2, 0) is 4.74 Å². The summed E-state index contributed by atoms with van der Waals surface area (Å²) in [5.41, 5.74) is 0. The van der Waals surface area contributed by atoms with Gasteiger partial charge in [-0.1, -0.05) is 13.8 Å². The molecule has 1 rings (SSSR count). The normalized spacial score (nSPS) is 27.0. The molecule has 0 radical (unpaired) electrons. The van der Waals surface area contributed by atoms with Crippen LogP contribution in [-0.4, -0.2) is 47.8 Å². The zero-order valence-corrected chi connectivity index (χ0v) is 13.0. The fourth-order valence-corrected chi connectivity index (χ4v) is 5.40. The van der Waals surface area contributed by atoms with E-state index in [0.29, 0.717) is 6.04 Å². The van der Waals surface area contributed by atoms with Gasteiger partial charge in [-0.25, -0.2) is 0 Å². The molecule has 0 aliphatic carbocycles. The molecule has 0 amide bonds. The molecule has 4 heteroatoms. The largest absolute Gasteiger partial charge is 0.380 e. The van der Waals surface area contributed by atoms with Gasteiger partial charge in [0, 0.05) is 34.7 Å². The lowest BCUT2D eigenvalue weighted by atomic mass is 10.1. The van der Waals surface area contributed by atoms with E-state index < -0.39 is 0 Å². The second-order valence-electron chi connectivity index (χ2n) is 4.37. The Balaban J connectivity index is 2.51. The fourth-order valence-electron chi connectivity index (χ4n) is 2.16. The van der Waals surface area contributed by atoms with E-state index in [0.717, 1.165) is 30.3 Å². The highest BCUT2D eigenvalue weighted by Crippen LogP contribution is 2.35. The fraction of sp³-hybridized carbons (Fsp3) is 1.00. The predicted molar refractivity (Wildman–Crippen MR) is 81.4 cm³/mol. The quantitative estimate of drug-likeness (QED) is 0.736. The molecule has 1 heterocycles. The molecule has 2 nitrogen and oxygen atoms in total. The Kier molecular flexibility index (Phi) is 8.79. The van der Waals surface area contributed by atoms with Crippen LogP contribution in [0.25, 0.3) is 0 Å². The zero-order chi connectivity index (χ0) is 12.5. The molecule has 1 fully saturated rings. The first-order valence-corrected chi connectivity index (χ1v) is 8.97. The van der Waals surface area contributed by atoms with Gasteiger partial charge in [0.15, 0.2) is 0 Å². The predicted octanol–water partition coefficient (Wildman–Crippen LogP) is 3.02. The van der Waals surface area contributed by atoms with E-state index >= 15 is 0 Å². The minimum atomic E-state index is 0.526. The summed E-state index contributed by atoms with van der Waals surface area (Å²) in [6.45, 7) is 9.42. The van der Waals surface area contributed by atoms with Gasteiger partial charge in [-0.05, 0) is 26.3 Å². The number of hydrogen-bond acceptors (Lipinski definition) is 4. The van der Waals surface area contributed by atoms with Crippen molar-refractivity contribution in [3.63, 3.8) is 0 Å². The molecule has 1 N–H and O–H groups in total. The minimum absolute atomic E-state index is 0.526. The number of nitrogens with one attached hydrogen (secondary N) is 1. The Hall–Kier alpha value is 0.620. The second-order valence-corrected chi connectivity index (χ2v) is 7.01. The van der Waals surface area contributed by atoms with Crippen LogP contribution in [0, 0.1) is 0 Å². The van der Waals surface area contributed by atoms with Crippen LogP contribution in [0.5, 0.6) is 0 Å². The summed E-state index contributed by atoms with van der Waals surface area (Å²) in [7, 11) is 0. The third-order valence-corrected chi connectivity index (χ3v) is 6.46. The molecule has 17 heavy (non-hydrogen) atoms. The molecule has 0 spiro atoms. The van der Waals surface area contributed by atoms with Crippen LogP contribution >= 0.6 is 23.5 Å². The highest BCUT2D eigenvalue weighted by atomic mass is 32.2. The minimum Gasteiger partial charge on any atom is -0.380 e. The lowest BCUT2D eigenvalue weighted by molar-refractivity contribution is 0.121. The van der Waals surface area contributed by atoms with Crippen LogP contribution < -0.4 is 5.32 Å². The number of ether oxygens (including phenoxy) is 1. The Bertz CT molecular complexity index is 184. The van der Waals surface area contributed by atoms with Crippen molar-refractivity contribution < 1.29 is 4.74 Å². The molecule has 1 saturated heterocycles. The van der Waals surface area contributed by atoms with Gasteiger partial charge in [0.05, 0.1) is 6.61 Å². The maximum atomic E-state index is 5.65. The Morgan fingerprint density at radius 1 is 1.24 bits per heavy atom. The van der Waals surface area contributed by atoms with Crippen molar-refractivity contribution in [1.29, 1.82) is 0 Å². The molecule has 1 aliphatic heterocycles. The zero-order valence-electron chi connectivity index (χ0n) is 11.4. The second kappa shape index (κ2) is 9.54. The molecule has 3 unspecified atom stereocenters. The third-order valence-electron chi connectivity index (χ3n) is 3.05. The molecule has 0 aromatic carbocycles. The van der Waals surface area contributed by atoms with Crippen LogP contribution in [0.4, 0.5) is 0 Å². The SMILES string of the molecule is CCCNC(COCC)C1SCCSC1CC. The first-order valence-electron chi connectivity index (χ1n) is 6.87. The van der Waals surface area contributed by atoms with Gasteiger partial charge in [-0.15, -0.1) is 0 Å². The van der Waals surface area contributed by atoms with Crippen molar-refractivity contribution in [2.75, 3.05) is 31.3 Å². The van der Waals surface area contributed by atoms with Crippen molar-refractivity contribution in [2.45, 2.75) is 50.2 Å². The van der Waals surface area contributed by atoms with Gasteiger partial charge < -0.3 is 10.1 Å². The van der Waals surface area contributed by atoms with Gasteiger partial charge in [0.1, 0.15) is 0 Å². The van der Waals surface area contributed by atoms with Gasteiger partial charge in [-0.3, -0.25) is 0 Å². The Morgan fingerprint density at radius 3 is 2.65 bits per heavy atom. The summed E-state index contributed by atoms with van der Waals surface area (Å²) >= 11 is 4.29. The average molecular weight is 277 g/mol. The molecule has 3 atom stereocenters. The summed E-state index contributed by atoms with van der Waals surface area (Å²) < 4.78 is 5.65. The summed E-state index contributed by atoms with van der Waals surface area (Å²) in [4.78, 5) is 0. The third kappa shape index (κ3) is 5.41. The van der Waals surface area contributed by atoms with Gasteiger partial charge in [0.2, 0.25) is 0 Å². The molecule has 0 aromatic heterocycles. The van der Waals surface area contributed by atoms with Crippen molar-refractivity contribution in [3.05, 3.63) is 0 Å². The lowest BCUT2D eigenvalue weighted by Crippen LogP contribution is -2.48. The monoisotopic (exact) mass is 277 g/mol. The van der Waals surface area contributed by atoms with E-state index in [9.17, 15) is 0 Å². The Morgan fingerprint density at radius 2 is 2.00 bits per heavy atom. The summed E-state index contributed by atoms with van der Waals surface area (Å²) in [5, 5.41) is 5.19. The molecule has 0 bridgehead atoms. The van der Waals surface area contributed by atoms with Crippen LogP contribution in [0.2, 0.25) is 0 Å². The number of hydrogen-bond donors (Lipinski definition) is 1. The summed E-state index contributed by atoms with van der Waals surface area (Å²) in [5.74, 6) is 2.61. The molecular weight excluding hydrogens is 250 g/mol. The van der Waals surface area contributed by atoms with Gasteiger partial charge in [0.25, 0.3) is 0 Å². The standard InChI is InChI=1S/C13H27NOS2/c1-4-7-14-11(10-15-6-3)13-12(5-2)16-8-9-17-13/h11-14H,4-10H2,1-3H3. The molecule has 0 aromatic rings. The van der Waals surface area contributed by atoms with Crippen LogP contribution in [0.3, 0.4) is 0 Å². The first-order chi connectivity index (χ1) is 8.33. The number of thioether (sulfide) groups is 2. The average Bonchev–Trinajstić information content (AvgIpc) is 2.39. The maximum Gasteiger partial charge on any atom is 0.0630 e. The van der Waals surface area contributed by atoms with Crippen molar-refractivity contribution in [2.24, 2.45) is 0 Å². The van der Waals surface area contributed by atoms with E-state index in [1.54, 1.807) is 0 Å². The Labute approximate surface area is 115 Å². The van der Waals surface area contributed by atoms with Crippen molar-refractivity contribution in [3.8, 4) is 0 Å². The lowest BCUT2D eigenvalue weighted by Gasteiger charge is -2.36. The van der Waals surface area contributed by atoms with E-state index in [2.05, 4.69) is 49.6 Å². The van der Waals surface area contributed by atoms with Crippen molar-refractivity contribution in [1.82, 2.24) is 5.32 Å². The summed E-state index contributed by atoms with van der Waals surface area (Å²) in [6, 6.07) is 0.526. The van der Waals surface area contributed by atoms with E-state index in [4.69, 9.17) is 4.74 Å². The molecular formula is C13H27NOS2. The highest BCUT2D eigenvalue weighted by Gasteiger charge is 2.31. The smallest absolute Gasteiger partial charge is 0.0630 e. The van der Waals surface area contributed by atoms with Crippen LogP contribution in [0.1, 0.15) is 33.6 Å². The van der Waals surface area contributed by atoms with Crippen molar-refractivity contribution >= 4 is 23.5 Å². The topological polar surface area (TPSA) is 21.3 Å². The van der Waals surface area contributed by atoms with Gasteiger partial charge in [-0.2, -0.15) is 23.5 Å². The van der Waals surface area contributed by atoms with Crippen LogP contribution in [0.15, 0.2) is 0 Å². The maximum absolute atomic E-state index is 5.65. The number of rotatable bonds is 8. The molecule has 0 saturated carbocycles. The molecule has 102 valence electrons.